The molecule has 0 aliphatic rings. The highest BCUT2D eigenvalue weighted by atomic mass is 79.9. The van der Waals surface area contributed by atoms with Crippen LogP contribution in [-0.2, 0) is 17.8 Å². The van der Waals surface area contributed by atoms with Gasteiger partial charge in [-0.2, -0.15) is 5.10 Å². The van der Waals surface area contributed by atoms with Gasteiger partial charge in [-0.25, -0.2) is 0 Å². The van der Waals surface area contributed by atoms with Gasteiger partial charge in [-0.15, -0.1) is 0 Å². The number of carboxylic acids is 1. The second-order valence-electron chi connectivity index (χ2n) is 4.56. The molecule has 1 rings (SSSR count). The Hall–Kier alpha value is -0.840. The van der Waals surface area contributed by atoms with Gasteiger partial charge in [-0.1, -0.05) is 6.92 Å². The summed E-state index contributed by atoms with van der Waals surface area (Å²) in [5, 5.41) is 13.7. The fourth-order valence-corrected chi connectivity index (χ4v) is 2.18. The first-order chi connectivity index (χ1) is 7.85. The van der Waals surface area contributed by atoms with Crippen molar-refractivity contribution in [2.75, 3.05) is 0 Å². The molecule has 96 valence electrons. The Labute approximate surface area is 110 Å². The third kappa shape index (κ3) is 2.70. The minimum Gasteiger partial charge on any atom is -0.481 e. The maximum atomic E-state index is 11.3. The number of nitrogens with zero attached hydrogens (tertiary/aromatic N) is 2. The van der Waals surface area contributed by atoms with E-state index < -0.39 is 11.4 Å². The van der Waals surface area contributed by atoms with E-state index >= 15 is 0 Å². The summed E-state index contributed by atoms with van der Waals surface area (Å²) in [5.74, 6) is -0.756. The van der Waals surface area contributed by atoms with E-state index in [2.05, 4.69) is 21.0 Å². The second-order valence-corrected chi connectivity index (χ2v) is 5.35. The molecule has 1 heterocycles. The first-order valence-corrected chi connectivity index (χ1v) is 6.60. The average Bonchev–Trinajstić information content (AvgIpc) is 2.56. The number of hydrogen-bond acceptors (Lipinski definition) is 2. The van der Waals surface area contributed by atoms with Crippen molar-refractivity contribution in [2.45, 2.75) is 47.1 Å². The predicted molar refractivity (Wildman–Crippen MR) is 70.1 cm³/mol. The number of hydrogen-bond donors (Lipinski definition) is 1. The fourth-order valence-electron chi connectivity index (χ4n) is 1.76. The van der Waals surface area contributed by atoms with Crippen LogP contribution in [0.15, 0.2) is 4.47 Å². The molecule has 17 heavy (non-hydrogen) atoms. The Morgan fingerprint density at radius 3 is 2.53 bits per heavy atom. The molecule has 0 fully saturated rings. The van der Waals surface area contributed by atoms with Gasteiger partial charge in [-0.3, -0.25) is 9.48 Å². The minimum absolute atomic E-state index is 0.494. The molecule has 0 aromatic carbocycles. The zero-order chi connectivity index (χ0) is 13.2. The molecule has 0 aliphatic heterocycles. The summed E-state index contributed by atoms with van der Waals surface area (Å²) < 4.78 is 2.80. The van der Waals surface area contributed by atoms with Crippen molar-refractivity contribution in [3.8, 4) is 0 Å². The molecule has 5 heteroatoms. The molecule has 0 spiro atoms. The standard InChI is InChI=1S/C12H19BrN2O2/c1-5-12(4,11(16)17)7-9-10(13)8(3)14-15(9)6-2/h5-7H2,1-4H3,(H,16,17). The van der Waals surface area contributed by atoms with Gasteiger partial charge in [0, 0.05) is 13.0 Å². The van der Waals surface area contributed by atoms with E-state index in [4.69, 9.17) is 0 Å². The monoisotopic (exact) mass is 302 g/mol. The first kappa shape index (κ1) is 14.2. The molecule has 1 N–H and O–H groups in total. The van der Waals surface area contributed by atoms with Gasteiger partial charge < -0.3 is 5.11 Å². The second kappa shape index (κ2) is 5.21. The lowest BCUT2D eigenvalue weighted by molar-refractivity contribution is -0.148. The van der Waals surface area contributed by atoms with E-state index in [1.165, 1.54) is 0 Å². The Balaban J connectivity index is 3.13. The molecule has 0 amide bonds. The third-order valence-corrected chi connectivity index (χ3v) is 4.34. The average molecular weight is 303 g/mol. The molecule has 4 nitrogen and oxygen atoms in total. The van der Waals surface area contributed by atoms with Crippen molar-refractivity contribution in [1.82, 2.24) is 9.78 Å². The predicted octanol–water partition coefficient (Wildman–Crippen LogP) is 3.02. The van der Waals surface area contributed by atoms with Crippen molar-refractivity contribution in [1.29, 1.82) is 0 Å². The quantitative estimate of drug-likeness (QED) is 0.909. The number of halogens is 1. The summed E-state index contributed by atoms with van der Waals surface area (Å²) in [6.45, 7) is 8.36. The molecule has 1 atom stereocenters. The Morgan fingerprint density at radius 2 is 2.12 bits per heavy atom. The summed E-state index contributed by atoms with van der Waals surface area (Å²) in [6.07, 6.45) is 1.09. The van der Waals surface area contributed by atoms with Gasteiger partial charge in [0.15, 0.2) is 0 Å². The molecule has 0 aliphatic carbocycles. The van der Waals surface area contributed by atoms with Crippen LogP contribution in [0.4, 0.5) is 0 Å². The normalized spacial score (nSPS) is 14.6. The van der Waals surface area contributed by atoms with Crippen molar-refractivity contribution >= 4 is 21.9 Å². The number of rotatable bonds is 5. The zero-order valence-corrected chi connectivity index (χ0v) is 12.3. The molecular weight excluding hydrogens is 284 g/mol. The molecule has 1 aromatic rings. The lowest BCUT2D eigenvalue weighted by Crippen LogP contribution is -2.30. The zero-order valence-electron chi connectivity index (χ0n) is 10.7. The largest absolute Gasteiger partial charge is 0.481 e. The van der Waals surface area contributed by atoms with Crippen LogP contribution in [0.1, 0.15) is 38.6 Å². The molecule has 0 saturated heterocycles. The van der Waals surface area contributed by atoms with Gasteiger partial charge in [0.1, 0.15) is 0 Å². The highest BCUT2D eigenvalue weighted by Gasteiger charge is 2.33. The molecule has 1 aromatic heterocycles. The Bertz CT molecular complexity index is 428. The fraction of sp³-hybridized carbons (Fsp3) is 0.667. The highest BCUT2D eigenvalue weighted by Crippen LogP contribution is 2.31. The molecule has 0 radical (unpaired) electrons. The summed E-state index contributed by atoms with van der Waals surface area (Å²) in [5.41, 5.74) is 1.14. The van der Waals surface area contributed by atoms with E-state index in [1.54, 1.807) is 6.92 Å². The Morgan fingerprint density at radius 1 is 1.53 bits per heavy atom. The topological polar surface area (TPSA) is 55.1 Å². The minimum atomic E-state index is -0.756. The van der Waals surface area contributed by atoms with Crippen molar-refractivity contribution in [3.63, 3.8) is 0 Å². The van der Waals surface area contributed by atoms with Crippen LogP contribution in [0, 0.1) is 12.3 Å². The van der Waals surface area contributed by atoms with Crippen LogP contribution in [0.5, 0.6) is 0 Å². The molecule has 1 unspecified atom stereocenters. The summed E-state index contributed by atoms with van der Waals surface area (Å²) in [6, 6.07) is 0. The SMILES string of the molecule is CCn1nc(C)c(Br)c1CC(C)(CC)C(=O)O. The number of aromatic nitrogens is 2. The van der Waals surface area contributed by atoms with Crippen LogP contribution in [0.25, 0.3) is 0 Å². The van der Waals surface area contributed by atoms with Crippen LogP contribution < -0.4 is 0 Å². The maximum absolute atomic E-state index is 11.3. The maximum Gasteiger partial charge on any atom is 0.309 e. The number of aliphatic carboxylic acids is 1. The van der Waals surface area contributed by atoms with Crippen LogP contribution >= 0.6 is 15.9 Å². The molecular formula is C12H19BrN2O2. The van der Waals surface area contributed by atoms with Crippen LogP contribution in [-0.4, -0.2) is 20.9 Å². The Kier molecular flexibility index (Phi) is 4.36. The van der Waals surface area contributed by atoms with Crippen LogP contribution in [0.2, 0.25) is 0 Å². The number of aryl methyl sites for hydroxylation is 2. The van der Waals surface area contributed by atoms with Gasteiger partial charge in [0.25, 0.3) is 0 Å². The van der Waals surface area contributed by atoms with Gasteiger partial charge >= 0.3 is 5.97 Å². The van der Waals surface area contributed by atoms with Gasteiger partial charge in [-0.05, 0) is 43.1 Å². The third-order valence-electron chi connectivity index (χ3n) is 3.31. The highest BCUT2D eigenvalue weighted by molar-refractivity contribution is 9.10. The molecule has 0 bridgehead atoms. The number of carboxylic acid groups (broad SMARTS) is 1. The van der Waals surface area contributed by atoms with E-state index in [0.29, 0.717) is 12.8 Å². The van der Waals surface area contributed by atoms with E-state index in [9.17, 15) is 9.90 Å². The van der Waals surface area contributed by atoms with E-state index in [0.717, 1.165) is 22.4 Å². The van der Waals surface area contributed by atoms with Crippen molar-refractivity contribution in [3.05, 3.63) is 15.9 Å². The van der Waals surface area contributed by atoms with E-state index in [-0.39, 0.29) is 0 Å². The van der Waals surface area contributed by atoms with Crippen LogP contribution in [0.3, 0.4) is 0 Å². The summed E-state index contributed by atoms with van der Waals surface area (Å²) >= 11 is 3.50. The van der Waals surface area contributed by atoms with E-state index in [1.807, 2.05) is 25.5 Å². The lowest BCUT2D eigenvalue weighted by atomic mass is 9.83. The first-order valence-electron chi connectivity index (χ1n) is 5.81. The lowest BCUT2D eigenvalue weighted by Gasteiger charge is -2.23. The van der Waals surface area contributed by atoms with Crippen molar-refractivity contribution < 1.29 is 9.90 Å². The summed E-state index contributed by atoms with van der Waals surface area (Å²) in [7, 11) is 0. The number of carbonyl (C=O) groups is 1. The van der Waals surface area contributed by atoms with Crippen molar-refractivity contribution in [2.24, 2.45) is 5.41 Å². The smallest absolute Gasteiger partial charge is 0.309 e. The molecule has 0 saturated carbocycles. The van der Waals surface area contributed by atoms with Gasteiger partial charge in [0.05, 0.1) is 21.3 Å². The summed E-state index contributed by atoms with van der Waals surface area (Å²) in [4.78, 5) is 11.3. The van der Waals surface area contributed by atoms with Gasteiger partial charge in [0.2, 0.25) is 0 Å².